The summed E-state index contributed by atoms with van der Waals surface area (Å²) in [5, 5.41) is 9.13. The SMILES string of the molecule is CCOC1CN(c2nc(OC)nc3c(F)c(-c4ccc(F)c5sc(N)c(C#N)c45)c(C(F)(F)F)cc23)C(C)C1OC.FC1CC2CCCN2C1. The lowest BCUT2D eigenvalue weighted by molar-refractivity contribution is -0.137. The van der Waals surface area contributed by atoms with E-state index in [9.17, 15) is 27.2 Å². The number of nitriles is 1. The van der Waals surface area contributed by atoms with E-state index in [4.69, 9.17) is 19.9 Å². The monoisotopic (exact) mass is 722 g/mol. The van der Waals surface area contributed by atoms with Gasteiger partial charge in [-0.1, -0.05) is 6.07 Å². The fourth-order valence-electron chi connectivity index (χ4n) is 7.47. The molecule has 2 aromatic carbocycles. The second-order valence-corrected chi connectivity index (χ2v) is 13.6. The number of benzene rings is 2. The number of ether oxygens (including phenoxy) is 3. The second-order valence-electron chi connectivity index (χ2n) is 12.5. The predicted molar refractivity (Wildman–Crippen MR) is 178 cm³/mol. The molecular weight excluding hydrogens is 686 g/mol. The van der Waals surface area contributed by atoms with Gasteiger partial charge in [0.25, 0.3) is 0 Å². The van der Waals surface area contributed by atoms with Gasteiger partial charge < -0.3 is 24.8 Å². The van der Waals surface area contributed by atoms with Crippen LogP contribution < -0.4 is 15.4 Å². The zero-order valence-electron chi connectivity index (χ0n) is 27.8. The lowest BCUT2D eigenvalue weighted by atomic mass is 9.92. The Kier molecular flexibility index (Phi) is 10.1. The number of halogens is 6. The van der Waals surface area contributed by atoms with E-state index in [0.717, 1.165) is 31.2 Å². The average Bonchev–Trinajstić information content (AvgIpc) is 3.83. The molecule has 5 atom stereocenters. The molecule has 9 nitrogen and oxygen atoms in total. The maximum absolute atomic E-state index is 16.5. The van der Waals surface area contributed by atoms with Crippen molar-refractivity contribution in [3.63, 3.8) is 0 Å². The summed E-state index contributed by atoms with van der Waals surface area (Å²) >= 11 is 0.694. The van der Waals surface area contributed by atoms with Crippen molar-refractivity contribution >= 4 is 43.1 Å². The molecule has 0 aliphatic carbocycles. The lowest BCUT2D eigenvalue weighted by Crippen LogP contribution is -2.35. The molecule has 3 aliphatic heterocycles. The first kappa shape index (κ1) is 35.9. The van der Waals surface area contributed by atoms with Gasteiger partial charge in [0.15, 0.2) is 5.82 Å². The zero-order chi connectivity index (χ0) is 36.1. The van der Waals surface area contributed by atoms with Crippen molar-refractivity contribution in [1.82, 2.24) is 14.9 Å². The number of methoxy groups -OCH3 is 2. The third-order valence-corrected chi connectivity index (χ3v) is 10.7. The topological polar surface area (TPSA) is 110 Å². The van der Waals surface area contributed by atoms with Crippen LogP contribution in [0, 0.1) is 23.0 Å². The van der Waals surface area contributed by atoms with Crippen LogP contribution in [-0.4, -0.2) is 85.8 Å². The van der Waals surface area contributed by atoms with Gasteiger partial charge in [-0.3, -0.25) is 4.90 Å². The zero-order valence-corrected chi connectivity index (χ0v) is 28.6. The predicted octanol–water partition coefficient (Wildman–Crippen LogP) is 7.09. The minimum atomic E-state index is -5.06. The summed E-state index contributed by atoms with van der Waals surface area (Å²) in [6.07, 6.45) is -3.12. The number of thiophene rings is 1. The Balaban J connectivity index is 0.000000412. The standard InChI is InChI=1S/C27H24F5N5O3S.C7H12FN/c1-5-40-17-10-37(11(2)22(17)38-3)25-13-8-15(27(30,31)32)19(20(29)21(13)35-26(36-25)39-4)12-6-7-16(28)23-18(12)14(9-33)24(34)41-23;8-6-4-7-2-1-3-9(7)5-6/h6-8,11,17,22H,5,10,34H2,1-4H3;6-7H,1-5H2. The molecule has 16 heteroatoms. The van der Waals surface area contributed by atoms with Crippen molar-refractivity contribution in [1.29, 1.82) is 5.26 Å². The van der Waals surface area contributed by atoms with Crippen molar-refractivity contribution in [2.45, 2.75) is 69.7 Å². The van der Waals surface area contributed by atoms with Gasteiger partial charge in [-0.15, -0.1) is 11.3 Å². The summed E-state index contributed by atoms with van der Waals surface area (Å²) in [5.41, 5.74) is 2.59. The van der Waals surface area contributed by atoms with Gasteiger partial charge in [-0.25, -0.2) is 13.2 Å². The van der Waals surface area contributed by atoms with E-state index in [2.05, 4.69) is 14.9 Å². The Labute approximate surface area is 288 Å². The first-order valence-corrected chi connectivity index (χ1v) is 17.0. The van der Waals surface area contributed by atoms with Gasteiger partial charge in [-0.2, -0.15) is 28.4 Å². The molecule has 0 spiro atoms. The highest BCUT2D eigenvalue weighted by Gasteiger charge is 2.43. The maximum Gasteiger partial charge on any atom is 0.417 e. The largest absolute Gasteiger partial charge is 0.467 e. The molecule has 50 heavy (non-hydrogen) atoms. The Morgan fingerprint density at radius 2 is 1.92 bits per heavy atom. The van der Waals surface area contributed by atoms with Crippen LogP contribution in [0.1, 0.15) is 44.2 Å². The van der Waals surface area contributed by atoms with E-state index in [1.54, 1.807) is 24.8 Å². The molecule has 0 bridgehead atoms. The lowest BCUT2D eigenvalue weighted by Gasteiger charge is -2.26. The van der Waals surface area contributed by atoms with Gasteiger partial charge in [0.2, 0.25) is 0 Å². The van der Waals surface area contributed by atoms with Crippen molar-refractivity contribution in [3.05, 3.63) is 41.0 Å². The highest BCUT2D eigenvalue weighted by molar-refractivity contribution is 7.23. The first-order valence-electron chi connectivity index (χ1n) is 16.2. The van der Waals surface area contributed by atoms with Gasteiger partial charge in [-0.05, 0) is 57.4 Å². The number of hydrogen-bond acceptors (Lipinski definition) is 10. The van der Waals surface area contributed by atoms with E-state index < -0.39 is 58.9 Å². The maximum atomic E-state index is 16.5. The Morgan fingerprint density at radius 1 is 1.16 bits per heavy atom. The Bertz CT molecular complexity index is 1940. The summed E-state index contributed by atoms with van der Waals surface area (Å²) in [6.45, 7) is 6.03. The molecule has 0 amide bonds. The molecule has 2 N–H and O–H groups in total. The summed E-state index contributed by atoms with van der Waals surface area (Å²) in [4.78, 5) is 12.3. The Morgan fingerprint density at radius 3 is 2.56 bits per heavy atom. The third-order valence-electron chi connectivity index (χ3n) is 9.67. The minimum absolute atomic E-state index is 0.00120. The molecule has 3 fully saturated rings. The smallest absolute Gasteiger partial charge is 0.417 e. The molecule has 0 saturated carbocycles. The number of anilines is 2. The number of aromatic nitrogens is 2. The van der Waals surface area contributed by atoms with Crippen molar-refractivity contribution in [2.24, 2.45) is 0 Å². The molecule has 268 valence electrons. The van der Waals surface area contributed by atoms with Gasteiger partial charge in [0.05, 0.1) is 29.0 Å². The van der Waals surface area contributed by atoms with E-state index in [1.165, 1.54) is 27.1 Å². The van der Waals surface area contributed by atoms with Crippen LogP contribution >= 0.6 is 11.3 Å². The van der Waals surface area contributed by atoms with Crippen molar-refractivity contribution in [2.75, 3.05) is 51.1 Å². The van der Waals surface area contributed by atoms with Crippen LogP contribution in [0.4, 0.5) is 37.2 Å². The third kappa shape index (κ3) is 6.29. The summed E-state index contributed by atoms with van der Waals surface area (Å²) in [7, 11) is 2.75. The number of nitrogens with zero attached hydrogens (tertiary/aromatic N) is 5. The number of fused-ring (bicyclic) bond motifs is 3. The molecule has 2 aromatic heterocycles. The molecule has 7 rings (SSSR count). The number of alkyl halides is 4. The highest BCUT2D eigenvalue weighted by atomic mass is 32.1. The van der Waals surface area contributed by atoms with E-state index in [0.29, 0.717) is 30.5 Å². The van der Waals surface area contributed by atoms with E-state index in [-0.39, 0.29) is 50.0 Å². The van der Waals surface area contributed by atoms with Gasteiger partial charge in [0, 0.05) is 49.2 Å². The minimum Gasteiger partial charge on any atom is -0.467 e. The fourth-order valence-corrected chi connectivity index (χ4v) is 8.41. The molecule has 5 heterocycles. The average molecular weight is 723 g/mol. The molecule has 3 saturated heterocycles. The van der Waals surface area contributed by atoms with Crippen LogP contribution in [0.2, 0.25) is 0 Å². The van der Waals surface area contributed by atoms with Gasteiger partial charge >= 0.3 is 12.2 Å². The molecule has 0 radical (unpaired) electrons. The van der Waals surface area contributed by atoms with Crippen LogP contribution in [0.5, 0.6) is 6.01 Å². The van der Waals surface area contributed by atoms with Crippen LogP contribution in [0.3, 0.4) is 0 Å². The van der Waals surface area contributed by atoms with Crippen LogP contribution in [0.15, 0.2) is 18.2 Å². The molecule has 3 aliphatic rings. The Hall–Kier alpha value is -3.91. The number of hydrogen-bond donors (Lipinski definition) is 1. The molecule has 5 unspecified atom stereocenters. The summed E-state index contributed by atoms with van der Waals surface area (Å²) in [6, 6.07) is 4.40. The van der Waals surface area contributed by atoms with Crippen molar-refractivity contribution in [3.8, 4) is 23.2 Å². The van der Waals surface area contributed by atoms with E-state index in [1.807, 2.05) is 0 Å². The number of rotatable bonds is 6. The normalized spacial score (nSPS) is 23.7. The van der Waals surface area contributed by atoms with Gasteiger partial charge in [0.1, 0.15) is 46.6 Å². The summed E-state index contributed by atoms with van der Waals surface area (Å²) < 4.78 is 104. The molecule has 4 aromatic rings. The number of nitrogens with two attached hydrogens (primary N) is 1. The second kappa shape index (κ2) is 14.0. The van der Waals surface area contributed by atoms with Crippen LogP contribution in [-0.2, 0) is 15.7 Å². The van der Waals surface area contributed by atoms with E-state index >= 15 is 4.39 Å². The highest BCUT2D eigenvalue weighted by Crippen LogP contribution is 2.48. The quantitative estimate of drug-likeness (QED) is 0.209. The fraction of sp³-hybridized carbons (Fsp3) is 0.500. The van der Waals surface area contributed by atoms with Crippen LogP contribution in [0.25, 0.3) is 32.1 Å². The summed E-state index contributed by atoms with van der Waals surface area (Å²) in [5.74, 6) is -2.14. The molecular formula is C34H36F6N6O3S. The van der Waals surface area contributed by atoms with Crippen molar-refractivity contribution < 1.29 is 40.6 Å². The number of nitrogen functional groups attached to an aromatic ring is 1. The first-order chi connectivity index (χ1) is 23.8.